The Kier molecular flexibility index (Phi) is 6.65. The molecule has 7 nitrogen and oxygen atoms in total. The number of pyridine rings is 2. The van der Waals surface area contributed by atoms with Crippen LogP contribution in [0.5, 0.6) is 0 Å². The average molecular weight is 539 g/mol. The lowest BCUT2D eigenvalue weighted by Gasteiger charge is -2.20. The predicted molar refractivity (Wildman–Crippen MR) is 140 cm³/mol. The fourth-order valence-corrected chi connectivity index (χ4v) is 7.35. The van der Waals surface area contributed by atoms with E-state index in [0.717, 1.165) is 12.8 Å². The third-order valence-corrected chi connectivity index (χ3v) is 10.0. The van der Waals surface area contributed by atoms with Crippen molar-refractivity contribution < 1.29 is 13.3 Å². The lowest BCUT2D eigenvalue weighted by atomic mass is 10.0. The van der Waals surface area contributed by atoms with Crippen molar-refractivity contribution in [1.82, 2.24) is 19.9 Å². The first kappa shape index (κ1) is 25.2. The molecule has 0 saturated carbocycles. The third-order valence-electron chi connectivity index (χ3n) is 6.54. The molecule has 37 heavy (non-hydrogen) atoms. The van der Waals surface area contributed by atoms with Crippen molar-refractivity contribution in [3.8, 4) is 17.3 Å². The first-order valence-corrected chi connectivity index (χ1v) is 14.2. The summed E-state index contributed by atoms with van der Waals surface area (Å²) >= 11 is 6.59. The molecule has 3 aromatic heterocycles. The van der Waals surface area contributed by atoms with E-state index in [1.165, 1.54) is 36.7 Å². The molecule has 1 fully saturated rings. The number of nitriles is 1. The molecule has 0 spiro atoms. The Morgan fingerprint density at radius 2 is 1.81 bits per heavy atom. The number of hydrogen-bond donors (Lipinski definition) is 1. The van der Waals surface area contributed by atoms with Gasteiger partial charge in [0.1, 0.15) is 17.0 Å². The number of hydrogen-bond acceptors (Lipinski definition) is 7. The maximum atomic E-state index is 15.2. The molecule has 0 amide bonds. The van der Waals surface area contributed by atoms with E-state index in [9.17, 15) is 14.2 Å². The van der Waals surface area contributed by atoms with Crippen molar-refractivity contribution in [2.24, 2.45) is 0 Å². The van der Waals surface area contributed by atoms with E-state index in [1.54, 1.807) is 13.8 Å². The van der Waals surface area contributed by atoms with Crippen LogP contribution in [0.15, 0.2) is 36.7 Å². The summed E-state index contributed by atoms with van der Waals surface area (Å²) in [5.41, 5.74) is 2.54. The molecule has 0 radical (unpaired) electrons. The number of anilines is 1. The Morgan fingerprint density at radius 1 is 1.11 bits per heavy atom. The van der Waals surface area contributed by atoms with Gasteiger partial charge in [-0.25, -0.2) is 28.7 Å². The molecule has 11 heteroatoms. The van der Waals surface area contributed by atoms with Gasteiger partial charge in [-0.3, -0.25) is 0 Å². The smallest absolute Gasteiger partial charge is 0.188 e. The quantitative estimate of drug-likeness (QED) is 0.304. The van der Waals surface area contributed by atoms with E-state index in [1.807, 2.05) is 6.07 Å². The van der Waals surface area contributed by atoms with Crippen molar-refractivity contribution >= 4 is 41.0 Å². The van der Waals surface area contributed by atoms with Crippen LogP contribution in [-0.4, -0.2) is 32.3 Å². The average Bonchev–Trinajstić information content (AvgIpc) is 3.34. The zero-order chi connectivity index (χ0) is 26.3. The first-order chi connectivity index (χ1) is 17.7. The zero-order valence-electron chi connectivity index (χ0n) is 20.1. The van der Waals surface area contributed by atoms with Crippen LogP contribution in [0.25, 0.3) is 22.3 Å². The Balaban J connectivity index is 1.58. The molecule has 0 bridgehead atoms. The molecular formula is C26H22ClF2N6OP. The van der Waals surface area contributed by atoms with E-state index in [0.29, 0.717) is 40.4 Å². The molecule has 1 aromatic carbocycles. The van der Waals surface area contributed by atoms with Gasteiger partial charge in [-0.2, -0.15) is 5.26 Å². The van der Waals surface area contributed by atoms with Crippen LogP contribution in [0.4, 0.5) is 14.5 Å². The summed E-state index contributed by atoms with van der Waals surface area (Å²) in [6, 6.07) is 6.75. The molecule has 1 saturated heterocycles. The van der Waals surface area contributed by atoms with Gasteiger partial charge in [-0.05, 0) is 44.9 Å². The number of fused-ring (bicyclic) bond motifs is 1. The molecule has 0 unspecified atom stereocenters. The maximum absolute atomic E-state index is 15.2. The second-order valence-corrected chi connectivity index (χ2v) is 12.6. The van der Waals surface area contributed by atoms with Crippen molar-refractivity contribution in [2.75, 3.05) is 17.6 Å². The second kappa shape index (κ2) is 9.77. The van der Waals surface area contributed by atoms with E-state index in [4.69, 9.17) is 11.6 Å². The van der Waals surface area contributed by atoms with Gasteiger partial charge < -0.3 is 9.88 Å². The Morgan fingerprint density at radius 3 is 2.49 bits per heavy atom. The minimum absolute atomic E-state index is 0.0150. The van der Waals surface area contributed by atoms with Gasteiger partial charge >= 0.3 is 0 Å². The molecule has 4 aromatic rings. The normalized spacial score (nSPS) is 15.5. The Bertz CT molecular complexity index is 1610. The maximum Gasteiger partial charge on any atom is 0.188 e. The SMILES string of the molecule is Cc1nc2cc(F)c(-c3cnc(P4(=O)CCCC4)nc3)nc2c(N[C@H](C)c2cc(C#N)ccc2F)c1Cl. The molecule has 5 rings (SSSR count). The number of aryl methyl sites for hydroxylation is 1. The summed E-state index contributed by atoms with van der Waals surface area (Å²) in [5.74, 6) is -1.11. The van der Waals surface area contributed by atoms with Gasteiger partial charge in [0, 0.05) is 41.9 Å². The Hall–Kier alpha value is -3.47. The van der Waals surface area contributed by atoms with Gasteiger partial charge in [0.15, 0.2) is 18.5 Å². The number of rotatable bonds is 5. The van der Waals surface area contributed by atoms with Gasteiger partial charge in [-0.1, -0.05) is 11.6 Å². The zero-order valence-corrected chi connectivity index (χ0v) is 21.7. The molecule has 1 aliphatic rings. The highest BCUT2D eigenvalue weighted by atomic mass is 35.5. The lowest BCUT2D eigenvalue weighted by molar-refractivity contribution is 0.583. The summed E-state index contributed by atoms with van der Waals surface area (Å²) in [4.78, 5) is 17.5. The molecule has 1 N–H and O–H groups in total. The summed E-state index contributed by atoms with van der Waals surface area (Å²) in [5, 5.41) is 12.6. The topological polar surface area (TPSA) is 104 Å². The Labute approximate surface area is 217 Å². The molecule has 4 heterocycles. The molecule has 1 atom stereocenters. The van der Waals surface area contributed by atoms with Crippen LogP contribution >= 0.6 is 18.7 Å². The molecule has 188 valence electrons. The highest BCUT2D eigenvalue weighted by Gasteiger charge is 2.32. The number of nitrogens with zero attached hydrogens (tertiary/aromatic N) is 5. The number of benzene rings is 1. The second-order valence-electron chi connectivity index (χ2n) is 9.10. The van der Waals surface area contributed by atoms with Crippen LogP contribution in [0.1, 0.15) is 42.6 Å². The minimum atomic E-state index is -2.58. The van der Waals surface area contributed by atoms with Crippen LogP contribution in [0.3, 0.4) is 0 Å². The van der Waals surface area contributed by atoms with Gasteiger partial charge in [0.05, 0.1) is 39.6 Å². The number of aromatic nitrogens is 4. The van der Waals surface area contributed by atoms with Crippen LogP contribution in [-0.2, 0) is 4.57 Å². The monoisotopic (exact) mass is 538 g/mol. The number of halogens is 3. The van der Waals surface area contributed by atoms with Crippen molar-refractivity contribution in [3.63, 3.8) is 0 Å². The first-order valence-electron chi connectivity index (χ1n) is 11.7. The van der Waals surface area contributed by atoms with Crippen LogP contribution < -0.4 is 10.9 Å². The van der Waals surface area contributed by atoms with Crippen LogP contribution in [0, 0.1) is 29.9 Å². The fourth-order valence-electron chi connectivity index (χ4n) is 4.54. The highest BCUT2D eigenvalue weighted by Crippen LogP contribution is 2.49. The lowest BCUT2D eigenvalue weighted by Crippen LogP contribution is -2.15. The van der Waals surface area contributed by atoms with E-state index >= 15 is 4.39 Å². The van der Waals surface area contributed by atoms with E-state index < -0.39 is 24.8 Å². The molecular weight excluding hydrogens is 517 g/mol. The summed E-state index contributed by atoms with van der Waals surface area (Å²) in [6.07, 6.45) is 5.80. The minimum Gasteiger partial charge on any atom is -0.375 e. The number of nitrogens with one attached hydrogen (secondary N) is 1. The summed E-state index contributed by atoms with van der Waals surface area (Å²) < 4.78 is 42.7. The van der Waals surface area contributed by atoms with Crippen molar-refractivity contribution in [2.45, 2.75) is 32.7 Å². The van der Waals surface area contributed by atoms with Crippen molar-refractivity contribution in [1.29, 1.82) is 5.26 Å². The van der Waals surface area contributed by atoms with Crippen molar-refractivity contribution in [3.05, 3.63) is 70.1 Å². The molecule has 1 aliphatic heterocycles. The predicted octanol–water partition coefficient (Wildman–Crippen LogP) is 6.15. The standard InChI is InChI=1S/C26H22ClF2N6OP/c1-14(18-9-16(11-30)5-6-19(18)28)34-25-22(27)15(2)33-21-10-20(29)23(35-24(21)25)17-12-31-26(32-13-17)37(36)7-3-4-8-37/h5-6,9-10,12-14H,3-4,7-8H2,1-2H3,(H,33,34)/t14-/m1/s1. The van der Waals surface area contributed by atoms with E-state index in [2.05, 4.69) is 25.3 Å². The third kappa shape index (κ3) is 4.68. The highest BCUT2D eigenvalue weighted by molar-refractivity contribution is 7.71. The van der Waals surface area contributed by atoms with Gasteiger partial charge in [0.2, 0.25) is 0 Å². The van der Waals surface area contributed by atoms with Gasteiger partial charge in [0.25, 0.3) is 0 Å². The fraction of sp³-hybridized carbons (Fsp3) is 0.269. The molecule has 0 aliphatic carbocycles. The largest absolute Gasteiger partial charge is 0.375 e. The summed E-state index contributed by atoms with van der Waals surface area (Å²) in [6.45, 7) is 3.40. The summed E-state index contributed by atoms with van der Waals surface area (Å²) in [7, 11) is -2.58. The van der Waals surface area contributed by atoms with Gasteiger partial charge in [-0.15, -0.1) is 0 Å². The van der Waals surface area contributed by atoms with E-state index in [-0.39, 0.29) is 27.3 Å². The van der Waals surface area contributed by atoms with Crippen LogP contribution in [0.2, 0.25) is 5.02 Å².